The molecule has 0 aliphatic carbocycles. The number of nitrogens with two attached hydrogens (primary N) is 1. The van der Waals surface area contributed by atoms with Gasteiger partial charge in [-0.05, 0) is 25.5 Å². The van der Waals surface area contributed by atoms with Crippen LogP contribution in [-0.2, 0) is 4.74 Å². The first-order valence-electron chi connectivity index (χ1n) is 5.87. The standard InChI is InChI=1S/C14H14BrNO2S/c1-3-18-14(17)13-11(16)8(2)12(19-13)9-6-4-5-7-10(9)15/h4-7H,3,16H2,1-2H3. The lowest BCUT2D eigenvalue weighted by atomic mass is 10.1. The lowest BCUT2D eigenvalue weighted by Crippen LogP contribution is -2.05. The van der Waals surface area contributed by atoms with Crippen molar-refractivity contribution in [3.63, 3.8) is 0 Å². The van der Waals surface area contributed by atoms with E-state index in [1.807, 2.05) is 31.2 Å². The fourth-order valence-corrected chi connectivity index (χ4v) is 3.55. The summed E-state index contributed by atoms with van der Waals surface area (Å²) >= 11 is 4.89. The summed E-state index contributed by atoms with van der Waals surface area (Å²) in [6.45, 7) is 4.05. The highest BCUT2D eigenvalue weighted by Crippen LogP contribution is 2.41. The Hall–Kier alpha value is -1.33. The van der Waals surface area contributed by atoms with Crippen LogP contribution < -0.4 is 5.73 Å². The molecule has 2 N–H and O–H groups in total. The quantitative estimate of drug-likeness (QED) is 0.850. The summed E-state index contributed by atoms with van der Waals surface area (Å²) in [6, 6.07) is 7.87. The molecule has 0 saturated carbocycles. The van der Waals surface area contributed by atoms with E-state index < -0.39 is 0 Å². The molecule has 0 aliphatic rings. The minimum absolute atomic E-state index is 0.347. The average Bonchev–Trinajstić information content (AvgIpc) is 2.68. The van der Waals surface area contributed by atoms with E-state index in [9.17, 15) is 4.79 Å². The number of hydrogen-bond acceptors (Lipinski definition) is 4. The minimum Gasteiger partial charge on any atom is -0.462 e. The zero-order valence-electron chi connectivity index (χ0n) is 10.7. The third kappa shape index (κ3) is 2.67. The van der Waals surface area contributed by atoms with Crippen molar-refractivity contribution in [2.75, 3.05) is 12.3 Å². The van der Waals surface area contributed by atoms with Crippen molar-refractivity contribution >= 4 is 38.9 Å². The number of carbonyl (C=O) groups is 1. The van der Waals surface area contributed by atoms with Gasteiger partial charge in [-0.2, -0.15) is 0 Å². The van der Waals surface area contributed by atoms with Gasteiger partial charge in [-0.3, -0.25) is 0 Å². The van der Waals surface area contributed by atoms with Gasteiger partial charge >= 0.3 is 5.97 Å². The fourth-order valence-electron chi connectivity index (χ4n) is 1.78. The Morgan fingerprint density at radius 3 is 2.74 bits per heavy atom. The molecule has 0 fully saturated rings. The second-order valence-electron chi connectivity index (χ2n) is 4.00. The van der Waals surface area contributed by atoms with Crippen LogP contribution in [0.2, 0.25) is 0 Å². The molecule has 2 aromatic rings. The monoisotopic (exact) mass is 339 g/mol. The molecule has 0 bridgehead atoms. The first-order valence-corrected chi connectivity index (χ1v) is 7.48. The molecule has 0 atom stereocenters. The Bertz CT molecular complexity index is 622. The molecule has 0 unspecified atom stereocenters. The number of rotatable bonds is 3. The number of halogens is 1. The Labute approximate surface area is 124 Å². The van der Waals surface area contributed by atoms with E-state index in [1.165, 1.54) is 11.3 Å². The van der Waals surface area contributed by atoms with Crippen LogP contribution >= 0.6 is 27.3 Å². The third-order valence-electron chi connectivity index (χ3n) is 2.77. The van der Waals surface area contributed by atoms with E-state index >= 15 is 0 Å². The number of benzene rings is 1. The van der Waals surface area contributed by atoms with Gasteiger partial charge in [-0.1, -0.05) is 34.1 Å². The van der Waals surface area contributed by atoms with Gasteiger partial charge in [0.1, 0.15) is 4.88 Å². The molecular weight excluding hydrogens is 326 g/mol. The van der Waals surface area contributed by atoms with Gasteiger partial charge in [0, 0.05) is 14.9 Å². The molecule has 5 heteroatoms. The van der Waals surface area contributed by atoms with E-state index in [0.29, 0.717) is 17.2 Å². The predicted octanol–water partition coefficient (Wildman–Crippen LogP) is 4.24. The SMILES string of the molecule is CCOC(=O)c1sc(-c2ccccc2Br)c(C)c1N. The summed E-state index contributed by atoms with van der Waals surface area (Å²) in [5, 5.41) is 0. The van der Waals surface area contributed by atoms with Gasteiger partial charge in [-0.15, -0.1) is 11.3 Å². The molecule has 0 radical (unpaired) electrons. The molecule has 2 rings (SSSR count). The zero-order chi connectivity index (χ0) is 14.0. The van der Waals surface area contributed by atoms with Crippen molar-refractivity contribution in [2.45, 2.75) is 13.8 Å². The van der Waals surface area contributed by atoms with Crippen molar-refractivity contribution in [2.24, 2.45) is 0 Å². The molecule has 1 aromatic heterocycles. The topological polar surface area (TPSA) is 52.3 Å². The first-order chi connectivity index (χ1) is 9.06. The van der Waals surface area contributed by atoms with Gasteiger partial charge in [0.15, 0.2) is 0 Å². The Kier molecular flexibility index (Phi) is 4.27. The van der Waals surface area contributed by atoms with E-state index in [2.05, 4.69) is 15.9 Å². The van der Waals surface area contributed by atoms with Gasteiger partial charge in [0.2, 0.25) is 0 Å². The summed E-state index contributed by atoms with van der Waals surface area (Å²) in [5.41, 5.74) is 8.48. The van der Waals surface area contributed by atoms with E-state index in [0.717, 1.165) is 20.5 Å². The average molecular weight is 340 g/mol. The Morgan fingerprint density at radius 2 is 2.11 bits per heavy atom. The largest absolute Gasteiger partial charge is 0.462 e. The van der Waals surface area contributed by atoms with E-state index in [4.69, 9.17) is 10.5 Å². The number of hydrogen-bond donors (Lipinski definition) is 1. The van der Waals surface area contributed by atoms with Crippen LogP contribution in [0.1, 0.15) is 22.2 Å². The fraction of sp³-hybridized carbons (Fsp3) is 0.214. The third-order valence-corrected chi connectivity index (χ3v) is 4.79. The van der Waals surface area contributed by atoms with Crippen LogP contribution in [0.5, 0.6) is 0 Å². The van der Waals surface area contributed by atoms with Crippen molar-refractivity contribution in [3.05, 3.63) is 39.2 Å². The van der Waals surface area contributed by atoms with Crippen LogP contribution in [0.15, 0.2) is 28.7 Å². The highest BCUT2D eigenvalue weighted by Gasteiger charge is 2.21. The molecular formula is C14H14BrNO2S. The van der Waals surface area contributed by atoms with Gasteiger partial charge < -0.3 is 10.5 Å². The van der Waals surface area contributed by atoms with E-state index in [1.54, 1.807) is 6.92 Å². The normalized spacial score (nSPS) is 10.5. The van der Waals surface area contributed by atoms with Crippen LogP contribution in [0.25, 0.3) is 10.4 Å². The Balaban J connectivity index is 2.52. The highest BCUT2D eigenvalue weighted by atomic mass is 79.9. The second kappa shape index (κ2) is 5.75. The van der Waals surface area contributed by atoms with Gasteiger partial charge in [-0.25, -0.2) is 4.79 Å². The molecule has 19 heavy (non-hydrogen) atoms. The lowest BCUT2D eigenvalue weighted by molar-refractivity contribution is 0.0533. The first kappa shape index (κ1) is 14.1. The molecule has 0 aliphatic heterocycles. The molecule has 0 amide bonds. The van der Waals surface area contributed by atoms with Crippen molar-refractivity contribution < 1.29 is 9.53 Å². The summed E-state index contributed by atoms with van der Waals surface area (Å²) < 4.78 is 6.00. The Morgan fingerprint density at radius 1 is 1.42 bits per heavy atom. The summed E-state index contributed by atoms with van der Waals surface area (Å²) in [4.78, 5) is 13.3. The molecule has 0 saturated heterocycles. The molecule has 100 valence electrons. The van der Waals surface area contributed by atoms with Crippen LogP contribution in [0.3, 0.4) is 0 Å². The number of esters is 1. The predicted molar refractivity (Wildman–Crippen MR) is 82.6 cm³/mol. The minimum atomic E-state index is -0.355. The van der Waals surface area contributed by atoms with Crippen LogP contribution in [0, 0.1) is 6.92 Å². The zero-order valence-corrected chi connectivity index (χ0v) is 13.1. The van der Waals surface area contributed by atoms with E-state index in [-0.39, 0.29) is 5.97 Å². The number of ether oxygens (including phenoxy) is 1. The summed E-state index contributed by atoms with van der Waals surface area (Å²) in [7, 11) is 0. The number of anilines is 1. The van der Waals surface area contributed by atoms with Crippen LogP contribution in [-0.4, -0.2) is 12.6 Å². The highest BCUT2D eigenvalue weighted by molar-refractivity contribution is 9.10. The summed E-state index contributed by atoms with van der Waals surface area (Å²) in [6.07, 6.45) is 0. The van der Waals surface area contributed by atoms with Crippen LogP contribution in [0.4, 0.5) is 5.69 Å². The number of nitrogen functional groups attached to an aromatic ring is 1. The van der Waals surface area contributed by atoms with Crippen molar-refractivity contribution in [1.82, 2.24) is 0 Å². The maximum atomic E-state index is 11.8. The lowest BCUT2D eigenvalue weighted by Gasteiger charge is -2.02. The van der Waals surface area contributed by atoms with Crippen molar-refractivity contribution in [3.8, 4) is 10.4 Å². The molecule has 1 heterocycles. The van der Waals surface area contributed by atoms with Gasteiger partial charge in [0.25, 0.3) is 0 Å². The molecule has 1 aromatic carbocycles. The maximum absolute atomic E-state index is 11.8. The van der Waals surface area contributed by atoms with Gasteiger partial charge in [0.05, 0.1) is 12.3 Å². The smallest absolute Gasteiger partial charge is 0.350 e. The maximum Gasteiger partial charge on any atom is 0.350 e. The second-order valence-corrected chi connectivity index (χ2v) is 5.87. The number of carbonyl (C=O) groups excluding carboxylic acids is 1. The molecule has 0 spiro atoms. The molecule has 3 nitrogen and oxygen atoms in total. The number of thiophene rings is 1. The summed E-state index contributed by atoms with van der Waals surface area (Å²) in [5.74, 6) is -0.355. The van der Waals surface area contributed by atoms with Crippen molar-refractivity contribution in [1.29, 1.82) is 0 Å².